The molecule has 0 amide bonds. The molecule has 0 unspecified atom stereocenters. The average molecular weight is 388 g/mol. The van der Waals surface area contributed by atoms with Gasteiger partial charge in [-0.15, -0.1) is 18.2 Å². The maximum Gasteiger partial charge on any atom is 2.00 e. The Morgan fingerprint density at radius 2 is 1.21 bits per heavy atom. The molecule has 0 aromatic heterocycles. The molecule has 0 aliphatic rings. The molecule has 0 N–H and O–H groups in total. The van der Waals surface area contributed by atoms with Crippen LogP contribution in [-0.2, 0) is 0 Å². The van der Waals surface area contributed by atoms with E-state index >= 15 is 0 Å². The summed E-state index contributed by atoms with van der Waals surface area (Å²) >= 11 is 0. The molecule has 0 aliphatic carbocycles. The van der Waals surface area contributed by atoms with E-state index in [2.05, 4.69) is 16.1 Å². The molecule has 114 valence electrons. The summed E-state index contributed by atoms with van der Waals surface area (Å²) in [5.74, 6) is 0. The fourth-order valence-corrected chi connectivity index (χ4v) is 1.94. The average Bonchev–Trinajstić information content (AvgIpc) is 2.61. The Morgan fingerprint density at radius 3 is 1.71 bits per heavy atom. The van der Waals surface area contributed by atoms with E-state index in [1.807, 2.05) is 91.3 Å². The Morgan fingerprint density at radius 1 is 0.667 bits per heavy atom. The van der Waals surface area contributed by atoms with Gasteiger partial charge in [-0.25, -0.2) is 0 Å². The van der Waals surface area contributed by atoms with Crippen molar-refractivity contribution in [1.82, 2.24) is 0 Å². The van der Waals surface area contributed by atoms with E-state index in [-0.39, 0.29) is 40.0 Å². The summed E-state index contributed by atoms with van der Waals surface area (Å²) in [5.41, 5.74) is 3.81. The maximum absolute atomic E-state index is 4.43. The van der Waals surface area contributed by atoms with Crippen molar-refractivity contribution in [2.75, 3.05) is 0 Å². The number of aliphatic imine (C=N–C) groups is 2. The number of hydrogen-bond acceptors (Lipinski definition) is 2. The summed E-state index contributed by atoms with van der Waals surface area (Å²) in [6.45, 7) is 0. The molecule has 0 heterocycles. The molecule has 2 nitrogen and oxygen atoms in total. The minimum atomic E-state index is 0. The van der Waals surface area contributed by atoms with E-state index in [0.29, 0.717) is 0 Å². The van der Waals surface area contributed by atoms with Crippen molar-refractivity contribution < 1.29 is 17.0 Å². The predicted octanol–water partition coefficient (Wildman–Crippen LogP) is 1.61. The monoisotopic (exact) mass is 386 g/mol. The van der Waals surface area contributed by atoms with Gasteiger partial charge in [-0.2, -0.15) is 6.07 Å². The van der Waals surface area contributed by atoms with Crippen molar-refractivity contribution in [3.05, 3.63) is 96.1 Å². The summed E-state index contributed by atoms with van der Waals surface area (Å²) in [6, 6.07) is 28.9. The zero-order valence-corrected chi connectivity index (χ0v) is 16.1. The van der Waals surface area contributed by atoms with E-state index < -0.39 is 0 Å². The molecule has 3 aromatic carbocycles. The first-order chi connectivity index (χ1) is 10.9. The quantitative estimate of drug-likeness (QED) is 0.369. The summed E-state index contributed by atoms with van der Waals surface area (Å²) in [7, 11) is 0. The predicted molar refractivity (Wildman–Crippen MR) is 98.4 cm³/mol. The summed E-state index contributed by atoms with van der Waals surface area (Å²) in [5, 5.41) is 0. The molecule has 4 heteroatoms. The Labute approximate surface area is 169 Å². The molecule has 0 saturated heterocycles. The third kappa shape index (κ3) is 6.39. The minimum Gasteiger partial charge on any atom is -1.00 e. The SMILES string of the molecule is [Br-].[Mg+2].[c-]1cc(N=Cc2ccccc2)ccc1N=Cc1ccccc1. The molecule has 3 aromatic rings. The van der Waals surface area contributed by atoms with E-state index in [0.717, 1.165) is 22.5 Å². The van der Waals surface area contributed by atoms with E-state index in [1.54, 1.807) is 0 Å². The van der Waals surface area contributed by atoms with E-state index in [1.165, 1.54) is 0 Å². The standard InChI is InChI=1S/C20H15N2.BrH.Mg/c1-3-7-17(8-4-1)15-21-19-11-13-20(14-12-19)22-16-18-9-5-2-6-10-18;;/h1-13,15-16H;1H;/q-1;;+2/p-1. The van der Waals surface area contributed by atoms with Gasteiger partial charge in [0, 0.05) is 12.4 Å². The van der Waals surface area contributed by atoms with Crippen molar-refractivity contribution in [2.45, 2.75) is 0 Å². The van der Waals surface area contributed by atoms with Crippen molar-refractivity contribution in [2.24, 2.45) is 9.98 Å². The zero-order chi connectivity index (χ0) is 15.0. The first kappa shape index (κ1) is 20.3. The van der Waals surface area contributed by atoms with Gasteiger partial charge in [-0.05, 0) is 22.5 Å². The van der Waals surface area contributed by atoms with Crippen LogP contribution < -0.4 is 17.0 Å². The zero-order valence-electron chi connectivity index (χ0n) is 13.1. The van der Waals surface area contributed by atoms with Crippen LogP contribution in [0.5, 0.6) is 0 Å². The van der Waals surface area contributed by atoms with Crippen LogP contribution in [-0.4, -0.2) is 35.5 Å². The summed E-state index contributed by atoms with van der Waals surface area (Å²) < 4.78 is 0. The second-order valence-corrected chi connectivity index (χ2v) is 4.77. The number of halogens is 1. The van der Waals surface area contributed by atoms with Gasteiger partial charge in [-0.1, -0.05) is 60.7 Å². The molecule has 0 saturated carbocycles. The molecular weight excluding hydrogens is 372 g/mol. The van der Waals surface area contributed by atoms with E-state index in [4.69, 9.17) is 0 Å². The molecule has 0 atom stereocenters. The fraction of sp³-hybridized carbons (Fsp3) is 0. The fourth-order valence-electron chi connectivity index (χ4n) is 1.94. The Bertz CT molecular complexity index is 701. The van der Waals surface area contributed by atoms with Crippen molar-refractivity contribution in [3.63, 3.8) is 0 Å². The normalized spacial score (nSPS) is 10.3. The van der Waals surface area contributed by atoms with Gasteiger partial charge < -0.3 is 22.0 Å². The van der Waals surface area contributed by atoms with Crippen LogP contribution in [0.15, 0.2) is 88.8 Å². The second kappa shape index (κ2) is 10.9. The van der Waals surface area contributed by atoms with Crippen molar-refractivity contribution in [1.29, 1.82) is 0 Å². The van der Waals surface area contributed by atoms with Crippen LogP contribution in [0.4, 0.5) is 11.4 Å². The van der Waals surface area contributed by atoms with Gasteiger partial charge in [0.2, 0.25) is 0 Å². The Kier molecular flexibility index (Phi) is 9.23. The van der Waals surface area contributed by atoms with Crippen LogP contribution in [0.1, 0.15) is 11.1 Å². The first-order valence-electron chi connectivity index (χ1n) is 7.10. The third-order valence-electron chi connectivity index (χ3n) is 3.09. The Balaban J connectivity index is 0.00000144. The smallest absolute Gasteiger partial charge is 1.00 e. The topological polar surface area (TPSA) is 24.7 Å². The van der Waals surface area contributed by atoms with Crippen molar-refractivity contribution >= 4 is 46.9 Å². The van der Waals surface area contributed by atoms with Gasteiger partial charge in [-0.3, -0.25) is 4.99 Å². The first-order valence-corrected chi connectivity index (χ1v) is 7.10. The van der Waals surface area contributed by atoms with Crippen LogP contribution in [0, 0.1) is 6.07 Å². The van der Waals surface area contributed by atoms with Crippen LogP contribution in [0.25, 0.3) is 0 Å². The summed E-state index contributed by atoms with van der Waals surface area (Å²) in [6.07, 6.45) is 3.68. The summed E-state index contributed by atoms with van der Waals surface area (Å²) in [4.78, 5) is 8.83. The maximum atomic E-state index is 4.43. The number of hydrogen-bond donors (Lipinski definition) is 0. The van der Waals surface area contributed by atoms with Gasteiger partial charge in [0.25, 0.3) is 0 Å². The van der Waals surface area contributed by atoms with Gasteiger partial charge >= 0.3 is 23.1 Å². The Hall–Kier alpha value is -1.75. The minimum absolute atomic E-state index is 0. The van der Waals surface area contributed by atoms with Crippen LogP contribution in [0.2, 0.25) is 0 Å². The van der Waals surface area contributed by atoms with Gasteiger partial charge in [0.1, 0.15) is 0 Å². The molecule has 0 bridgehead atoms. The molecule has 0 fully saturated rings. The van der Waals surface area contributed by atoms with E-state index in [9.17, 15) is 0 Å². The molecule has 0 aliphatic heterocycles. The molecule has 0 spiro atoms. The molecular formula is C20H15BrMgN2. The number of rotatable bonds is 4. The second-order valence-electron chi connectivity index (χ2n) is 4.77. The molecule has 24 heavy (non-hydrogen) atoms. The van der Waals surface area contributed by atoms with Crippen LogP contribution in [0.3, 0.4) is 0 Å². The number of nitrogens with zero attached hydrogens (tertiary/aromatic N) is 2. The van der Waals surface area contributed by atoms with Gasteiger partial charge in [0.05, 0.1) is 0 Å². The molecule has 3 rings (SSSR count). The molecule has 0 radical (unpaired) electrons. The largest absolute Gasteiger partial charge is 2.00 e. The van der Waals surface area contributed by atoms with Crippen LogP contribution >= 0.6 is 0 Å². The third-order valence-corrected chi connectivity index (χ3v) is 3.09. The van der Waals surface area contributed by atoms with Crippen molar-refractivity contribution in [3.8, 4) is 0 Å². The number of benzene rings is 3. The van der Waals surface area contributed by atoms with Gasteiger partial charge in [0.15, 0.2) is 0 Å².